The summed E-state index contributed by atoms with van der Waals surface area (Å²) in [4.78, 5) is 22.1. The first-order chi connectivity index (χ1) is 23.9. The van der Waals surface area contributed by atoms with Crippen LogP contribution >= 0.6 is 0 Å². The summed E-state index contributed by atoms with van der Waals surface area (Å²) < 4.78 is 28.8. The Morgan fingerprint density at radius 2 is 0.521 bits per heavy atom. The van der Waals surface area contributed by atoms with E-state index in [1.54, 1.807) is 0 Å². The molecule has 4 heterocycles. The monoisotopic (exact) mass is 682 g/mol. The Bertz CT molecular complexity index is 852. The highest BCUT2D eigenvalue weighted by Crippen LogP contribution is 2.19. The van der Waals surface area contributed by atoms with Gasteiger partial charge >= 0.3 is 0 Å². The highest BCUT2D eigenvalue weighted by atomic mass is 16.6. The van der Waals surface area contributed by atoms with Crippen molar-refractivity contribution in [3.05, 3.63) is 0 Å². The van der Waals surface area contributed by atoms with Crippen molar-refractivity contribution >= 4 is 17.8 Å². The molecule has 3 aliphatic rings. The maximum absolute atomic E-state index is 5.98. The van der Waals surface area contributed by atoms with E-state index in [0.717, 1.165) is 105 Å². The Hall–Kier alpha value is -2.03. The van der Waals surface area contributed by atoms with Gasteiger partial charge in [0.1, 0.15) is 0 Å². The molecule has 0 unspecified atom stereocenters. The molecule has 3 aliphatic heterocycles. The van der Waals surface area contributed by atoms with Crippen molar-refractivity contribution in [2.75, 3.05) is 199 Å². The van der Waals surface area contributed by atoms with E-state index >= 15 is 0 Å². The van der Waals surface area contributed by atoms with Crippen LogP contribution in [0.15, 0.2) is 0 Å². The molecule has 0 atom stereocenters. The highest BCUT2D eigenvalue weighted by Gasteiger charge is 2.21. The van der Waals surface area contributed by atoms with Gasteiger partial charge in [-0.3, -0.25) is 0 Å². The number of hydrogen-bond acceptors (Lipinski definition) is 17. The predicted molar refractivity (Wildman–Crippen MR) is 188 cm³/mol. The summed E-state index contributed by atoms with van der Waals surface area (Å²) in [6.45, 7) is 20.4. The smallest absolute Gasteiger partial charge is 0.232 e. The lowest BCUT2D eigenvalue weighted by Crippen LogP contribution is -2.44. The SMILES string of the molecule is C1CNCCN(c2nc(N3CCNCCNCCNCC3)nc(N3CCOCCOCCOCCOCCOCC3)n2)CCNCCN1. The second-order valence-electron chi connectivity index (χ2n) is 11.8. The van der Waals surface area contributed by atoms with Crippen molar-refractivity contribution in [3.63, 3.8) is 0 Å². The third-order valence-electron chi connectivity index (χ3n) is 8.10. The van der Waals surface area contributed by atoms with Crippen LogP contribution in [-0.2, 0) is 23.7 Å². The number of nitrogens with zero attached hydrogens (tertiary/aromatic N) is 6. The Labute approximate surface area is 286 Å². The molecule has 17 nitrogen and oxygen atoms in total. The van der Waals surface area contributed by atoms with Gasteiger partial charge < -0.3 is 70.3 Å². The van der Waals surface area contributed by atoms with Crippen molar-refractivity contribution in [2.24, 2.45) is 0 Å². The van der Waals surface area contributed by atoms with Crippen LogP contribution in [0.4, 0.5) is 17.8 Å². The van der Waals surface area contributed by atoms with Gasteiger partial charge in [-0.1, -0.05) is 0 Å². The van der Waals surface area contributed by atoms with Crippen LogP contribution in [0, 0.1) is 0 Å². The van der Waals surface area contributed by atoms with Crippen molar-refractivity contribution in [3.8, 4) is 0 Å². The number of hydrogen-bond donors (Lipinski definition) is 6. The predicted octanol–water partition coefficient (Wildman–Crippen LogP) is -3.05. The molecule has 3 saturated heterocycles. The quantitative estimate of drug-likeness (QED) is 0.190. The zero-order chi connectivity index (χ0) is 33.2. The van der Waals surface area contributed by atoms with Crippen LogP contribution in [0.3, 0.4) is 0 Å². The minimum absolute atomic E-state index is 0.508. The molecule has 0 aromatic carbocycles. The summed E-state index contributed by atoms with van der Waals surface area (Å²) in [5.41, 5.74) is 0. The number of anilines is 3. The zero-order valence-electron chi connectivity index (χ0n) is 29.0. The lowest BCUT2D eigenvalue weighted by Gasteiger charge is -2.30. The summed E-state index contributed by atoms with van der Waals surface area (Å²) in [5, 5.41) is 21.2. The molecule has 0 radical (unpaired) electrons. The van der Waals surface area contributed by atoms with E-state index in [2.05, 4.69) is 46.6 Å². The lowest BCUT2D eigenvalue weighted by molar-refractivity contribution is -0.0116. The molecular weight excluding hydrogens is 620 g/mol. The van der Waals surface area contributed by atoms with Gasteiger partial charge in [0.2, 0.25) is 17.8 Å². The number of aromatic nitrogens is 3. The van der Waals surface area contributed by atoms with Crippen molar-refractivity contribution in [1.82, 2.24) is 46.9 Å². The second-order valence-corrected chi connectivity index (χ2v) is 11.8. The molecule has 6 N–H and O–H groups in total. The fourth-order valence-corrected chi connectivity index (χ4v) is 5.35. The van der Waals surface area contributed by atoms with Gasteiger partial charge in [0.25, 0.3) is 0 Å². The summed E-state index contributed by atoms with van der Waals surface area (Å²) in [6, 6.07) is 0. The van der Waals surface area contributed by atoms with Crippen LogP contribution in [0.25, 0.3) is 0 Å². The number of rotatable bonds is 3. The normalized spacial score (nSPS) is 23.4. The molecule has 3 fully saturated rings. The molecule has 0 saturated carbocycles. The number of nitrogens with one attached hydrogen (secondary N) is 6. The fraction of sp³-hybridized carbons (Fsp3) is 0.903. The maximum atomic E-state index is 5.98. The minimum Gasteiger partial charge on any atom is -0.377 e. The third kappa shape index (κ3) is 16.6. The average molecular weight is 683 g/mol. The maximum Gasteiger partial charge on any atom is 0.232 e. The summed E-state index contributed by atoms with van der Waals surface area (Å²) in [5.74, 6) is 2.01. The summed E-state index contributed by atoms with van der Waals surface area (Å²) in [6.07, 6.45) is 0. The van der Waals surface area contributed by atoms with Crippen molar-refractivity contribution in [2.45, 2.75) is 0 Å². The first-order valence-corrected chi connectivity index (χ1v) is 18.0. The molecule has 48 heavy (non-hydrogen) atoms. The molecule has 1 aromatic rings. The van der Waals surface area contributed by atoms with E-state index in [4.69, 9.17) is 38.6 Å². The Kier molecular flexibility index (Phi) is 20.9. The van der Waals surface area contributed by atoms with Crippen molar-refractivity contribution < 1.29 is 23.7 Å². The van der Waals surface area contributed by atoms with E-state index in [0.29, 0.717) is 97.0 Å². The Balaban J connectivity index is 1.56. The van der Waals surface area contributed by atoms with Gasteiger partial charge in [-0.25, -0.2) is 0 Å². The van der Waals surface area contributed by atoms with E-state index in [9.17, 15) is 0 Å². The fourth-order valence-electron chi connectivity index (χ4n) is 5.35. The standard InChI is InChI=1S/C31H62N12O5/c1-5-34-9-13-41(14-10-35-6-2-32-1)29-38-30(42-15-11-36-7-3-33-4-8-37-12-16-42)40-31(39-29)43-17-19-44-21-23-46-25-27-48-28-26-47-24-22-45-20-18-43/h32-37H,1-28H2. The highest BCUT2D eigenvalue weighted by molar-refractivity contribution is 5.47. The zero-order valence-corrected chi connectivity index (χ0v) is 29.0. The van der Waals surface area contributed by atoms with Crippen molar-refractivity contribution in [1.29, 1.82) is 0 Å². The van der Waals surface area contributed by atoms with E-state index in [1.165, 1.54) is 0 Å². The van der Waals surface area contributed by atoms with E-state index in [1.807, 2.05) is 0 Å². The van der Waals surface area contributed by atoms with Gasteiger partial charge in [0.15, 0.2) is 0 Å². The van der Waals surface area contributed by atoms with Gasteiger partial charge in [0, 0.05) is 118 Å². The molecule has 0 amide bonds. The molecule has 0 aliphatic carbocycles. The lowest BCUT2D eigenvalue weighted by atomic mass is 10.4. The van der Waals surface area contributed by atoms with E-state index in [-0.39, 0.29) is 0 Å². The molecule has 0 spiro atoms. The van der Waals surface area contributed by atoms with Crippen LogP contribution < -0.4 is 46.6 Å². The van der Waals surface area contributed by atoms with Gasteiger partial charge in [-0.15, -0.1) is 0 Å². The van der Waals surface area contributed by atoms with Crippen LogP contribution in [0.2, 0.25) is 0 Å². The van der Waals surface area contributed by atoms with Crippen LogP contribution in [-0.4, -0.2) is 199 Å². The first kappa shape index (κ1) is 38.8. The van der Waals surface area contributed by atoms with E-state index < -0.39 is 0 Å². The van der Waals surface area contributed by atoms with Crippen LogP contribution in [0.1, 0.15) is 0 Å². The van der Waals surface area contributed by atoms with Gasteiger partial charge in [-0.2, -0.15) is 15.0 Å². The molecule has 17 heteroatoms. The summed E-state index contributed by atoms with van der Waals surface area (Å²) >= 11 is 0. The van der Waals surface area contributed by atoms with Gasteiger partial charge in [-0.05, 0) is 0 Å². The topological polar surface area (TPSA) is 167 Å². The average Bonchev–Trinajstić information content (AvgIpc) is 3.08. The first-order valence-electron chi connectivity index (χ1n) is 18.0. The largest absolute Gasteiger partial charge is 0.377 e. The molecule has 4 rings (SSSR count). The molecule has 276 valence electrons. The van der Waals surface area contributed by atoms with Crippen LogP contribution in [0.5, 0.6) is 0 Å². The Morgan fingerprint density at radius 3 is 0.812 bits per heavy atom. The van der Waals surface area contributed by atoms with Gasteiger partial charge in [0.05, 0.1) is 66.1 Å². The Morgan fingerprint density at radius 1 is 0.292 bits per heavy atom. The second kappa shape index (κ2) is 25.9. The molecular formula is C31H62N12O5. The third-order valence-corrected chi connectivity index (χ3v) is 8.10. The summed E-state index contributed by atoms with van der Waals surface area (Å²) in [7, 11) is 0. The molecule has 1 aromatic heterocycles. The minimum atomic E-state index is 0.508. The molecule has 0 bridgehead atoms. The number of ether oxygens (including phenoxy) is 5.